The van der Waals surface area contributed by atoms with Crippen molar-refractivity contribution in [2.24, 2.45) is 0 Å². The van der Waals surface area contributed by atoms with E-state index in [9.17, 15) is 4.79 Å². The lowest BCUT2D eigenvalue weighted by atomic mass is 10.1. The molecule has 3 nitrogen and oxygen atoms in total. The third-order valence-corrected chi connectivity index (χ3v) is 2.91. The van der Waals surface area contributed by atoms with Gasteiger partial charge in [-0.2, -0.15) is 0 Å². The predicted octanol–water partition coefficient (Wildman–Crippen LogP) is 3.79. The van der Waals surface area contributed by atoms with E-state index in [2.05, 4.69) is 6.92 Å². The van der Waals surface area contributed by atoms with E-state index in [0.717, 1.165) is 12.8 Å². The monoisotopic (exact) mass is 249 g/mol. The number of rotatable bonds is 8. The number of nitrogens with two attached hydrogens (primary N) is 1. The van der Waals surface area contributed by atoms with Gasteiger partial charge in [0.05, 0.1) is 12.2 Å². The van der Waals surface area contributed by atoms with Gasteiger partial charge in [0, 0.05) is 5.69 Å². The lowest BCUT2D eigenvalue weighted by Crippen LogP contribution is -2.09. The van der Waals surface area contributed by atoms with Crippen LogP contribution < -0.4 is 5.73 Å². The van der Waals surface area contributed by atoms with Crippen molar-refractivity contribution >= 4 is 11.7 Å². The zero-order chi connectivity index (χ0) is 13.2. The van der Waals surface area contributed by atoms with Gasteiger partial charge in [0.15, 0.2) is 0 Å². The molecule has 0 amide bonds. The molecular weight excluding hydrogens is 226 g/mol. The summed E-state index contributed by atoms with van der Waals surface area (Å²) in [6.07, 6.45) is 7.09. The van der Waals surface area contributed by atoms with Crippen molar-refractivity contribution in [1.29, 1.82) is 0 Å². The van der Waals surface area contributed by atoms with Gasteiger partial charge in [0.25, 0.3) is 0 Å². The second-order valence-corrected chi connectivity index (χ2v) is 4.49. The fourth-order valence-electron chi connectivity index (χ4n) is 1.81. The first-order valence-corrected chi connectivity index (χ1v) is 6.77. The largest absolute Gasteiger partial charge is 0.462 e. The van der Waals surface area contributed by atoms with Crippen molar-refractivity contribution in [3.05, 3.63) is 29.8 Å². The molecule has 3 heteroatoms. The highest BCUT2D eigenvalue weighted by molar-refractivity contribution is 5.94. The van der Waals surface area contributed by atoms with Crippen LogP contribution >= 0.6 is 0 Å². The topological polar surface area (TPSA) is 52.3 Å². The number of anilines is 1. The van der Waals surface area contributed by atoms with E-state index in [1.54, 1.807) is 24.3 Å². The van der Waals surface area contributed by atoms with Gasteiger partial charge >= 0.3 is 5.97 Å². The molecule has 100 valence electrons. The van der Waals surface area contributed by atoms with Crippen molar-refractivity contribution < 1.29 is 9.53 Å². The lowest BCUT2D eigenvalue weighted by Gasteiger charge is -2.06. The fraction of sp³-hybridized carbons (Fsp3) is 0.533. The number of benzene rings is 1. The molecule has 0 unspecified atom stereocenters. The highest BCUT2D eigenvalue weighted by atomic mass is 16.5. The van der Waals surface area contributed by atoms with Gasteiger partial charge in [0.2, 0.25) is 0 Å². The first-order valence-electron chi connectivity index (χ1n) is 6.77. The molecule has 0 aliphatic carbocycles. The number of hydrogen-bond acceptors (Lipinski definition) is 3. The number of unbranched alkanes of at least 4 members (excludes halogenated alkanes) is 5. The van der Waals surface area contributed by atoms with Crippen molar-refractivity contribution in [3.63, 3.8) is 0 Å². The van der Waals surface area contributed by atoms with Crippen molar-refractivity contribution in [1.82, 2.24) is 0 Å². The molecule has 18 heavy (non-hydrogen) atoms. The van der Waals surface area contributed by atoms with Gasteiger partial charge in [-0.15, -0.1) is 0 Å². The van der Waals surface area contributed by atoms with Gasteiger partial charge in [-0.05, 0) is 18.6 Å². The van der Waals surface area contributed by atoms with Crippen LogP contribution in [0.5, 0.6) is 0 Å². The summed E-state index contributed by atoms with van der Waals surface area (Å²) in [5.74, 6) is -0.318. The molecule has 0 aliphatic rings. The SMILES string of the molecule is CCCCCCCCOC(=O)c1ccccc1N. The summed E-state index contributed by atoms with van der Waals surface area (Å²) in [6, 6.07) is 7.00. The second kappa shape index (κ2) is 8.56. The van der Waals surface area contributed by atoms with Crippen LogP contribution in [0.25, 0.3) is 0 Å². The highest BCUT2D eigenvalue weighted by Crippen LogP contribution is 2.12. The standard InChI is InChI=1S/C15H23NO2/c1-2-3-4-5-6-9-12-18-15(17)13-10-7-8-11-14(13)16/h7-8,10-11H,2-6,9,12,16H2,1H3. The van der Waals surface area contributed by atoms with Crippen LogP contribution in [0.15, 0.2) is 24.3 Å². The maximum atomic E-state index is 11.7. The molecule has 1 aromatic carbocycles. The maximum absolute atomic E-state index is 11.7. The lowest BCUT2D eigenvalue weighted by molar-refractivity contribution is 0.0499. The Bertz CT molecular complexity index is 363. The molecule has 0 heterocycles. The Kier molecular flexibility index (Phi) is 6.92. The van der Waals surface area contributed by atoms with Gasteiger partial charge in [-0.25, -0.2) is 4.79 Å². The van der Waals surface area contributed by atoms with Crippen molar-refractivity contribution in [2.45, 2.75) is 45.4 Å². The number of carbonyl (C=O) groups is 1. The Labute approximate surface area is 109 Å². The normalized spacial score (nSPS) is 10.3. The van der Waals surface area contributed by atoms with Crippen LogP contribution in [0.4, 0.5) is 5.69 Å². The first kappa shape index (κ1) is 14.6. The summed E-state index contributed by atoms with van der Waals surface area (Å²) in [5.41, 5.74) is 6.64. The zero-order valence-corrected chi connectivity index (χ0v) is 11.2. The molecule has 0 aliphatic heterocycles. The fourth-order valence-corrected chi connectivity index (χ4v) is 1.81. The van der Waals surface area contributed by atoms with Crippen LogP contribution in [0, 0.1) is 0 Å². The summed E-state index contributed by atoms with van der Waals surface area (Å²) in [7, 11) is 0. The Hall–Kier alpha value is -1.51. The smallest absolute Gasteiger partial charge is 0.340 e. The van der Waals surface area contributed by atoms with E-state index in [1.165, 1.54) is 25.7 Å². The predicted molar refractivity (Wildman–Crippen MR) is 74.5 cm³/mol. The number of esters is 1. The van der Waals surface area contributed by atoms with E-state index in [4.69, 9.17) is 10.5 Å². The number of carbonyl (C=O) groups excluding carboxylic acids is 1. The molecule has 0 radical (unpaired) electrons. The molecule has 0 saturated heterocycles. The maximum Gasteiger partial charge on any atom is 0.340 e. The van der Waals surface area contributed by atoms with E-state index < -0.39 is 0 Å². The average Bonchev–Trinajstić information content (AvgIpc) is 2.38. The van der Waals surface area contributed by atoms with Gasteiger partial charge in [-0.1, -0.05) is 51.2 Å². The van der Waals surface area contributed by atoms with E-state index in [-0.39, 0.29) is 5.97 Å². The summed E-state index contributed by atoms with van der Waals surface area (Å²) in [4.78, 5) is 11.7. The summed E-state index contributed by atoms with van der Waals surface area (Å²) in [6.45, 7) is 2.69. The minimum Gasteiger partial charge on any atom is -0.462 e. The molecule has 0 fully saturated rings. The van der Waals surface area contributed by atoms with Gasteiger partial charge in [-0.3, -0.25) is 0 Å². The molecule has 0 saturated carbocycles. The van der Waals surface area contributed by atoms with Crippen LogP contribution in [0.1, 0.15) is 55.8 Å². The minimum absolute atomic E-state index is 0.318. The Morgan fingerprint density at radius 3 is 2.50 bits per heavy atom. The molecule has 0 atom stereocenters. The van der Waals surface area contributed by atoms with Crippen LogP contribution in [-0.2, 0) is 4.74 Å². The number of hydrogen-bond donors (Lipinski definition) is 1. The zero-order valence-electron chi connectivity index (χ0n) is 11.2. The minimum atomic E-state index is -0.318. The molecule has 1 aromatic rings. The Balaban J connectivity index is 2.16. The number of ether oxygens (including phenoxy) is 1. The summed E-state index contributed by atoms with van der Waals surface area (Å²) >= 11 is 0. The van der Waals surface area contributed by atoms with Crippen LogP contribution in [0.3, 0.4) is 0 Å². The Morgan fingerprint density at radius 1 is 1.11 bits per heavy atom. The third kappa shape index (κ3) is 5.21. The molecular formula is C15H23NO2. The highest BCUT2D eigenvalue weighted by Gasteiger charge is 2.09. The van der Waals surface area contributed by atoms with Crippen LogP contribution in [-0.4, -0.2) is 12.6 Å². The first-order chi connectivity index (χ1) is 8.75. The number of nitrogen functional groups attached to an aromatic ring is 1. The van der Waals surface area contributed by atoms with E-state index in [1.807, 2.05) is 0 Å². The van der Waals surface area contributed by atoms with Gasteiger partial charge < -0.3 is 10.5 Å². The average molecular weight is 249 g/mol. The molecule has 0 spiro atoms. The second-order valence-electron chi connectivity index (χ2n) is 4.49. The summed E-state index contributed by atoms with van der Waals surface area (Å²) in [5, 5.41) is 0. The van der Waals surface area contributed by atoms with E-state index >= 15 is 0 Å². The molecule has 0 bridgehead atoms. The third-order valence-electron chi connectivity index (χ3n) is 2.91. The molecule has 2 N–H and O–H groups in total. The molecule has 0 aromatic heterocycles. The Morgan fingerprint density at radius 2 is 1.78 bits per heavy atom. The number of para-hydroxylation sites is 1. The summed E-state index contributed by atoms with van der Waals surface area (Å²) < 4.78 is 5.20. The molecule has 1 rings (SSSR count). The van der Waals surface area contributed by atoms with Gasteiger partial charge in [0.1, 0.15) is 0 Å². The van der Waals surface area contributed by atoms with Crippen molar-refractivity contribution in [3.8, 4) is 0 Å². The van der Waals surface area contributed by atoms with E-state index in [0.29, 0.717) is 17.9 Å². The quantitative estimate of drug-likeness (QED) is 0.433. The van der Waals surface area contributed by atoms with Crippen molar-refractivity contribution in [2.75, 3.05) is 12.3 Å². The van der Waals surface area contributed by atoms with Crippen LogP contribution in [0.2, 0.25) is 0 Å².